The Balaban J connectivity index is 1.96. The maximum Gasteiger partial charge on any atom is 0.127 e. The van der Waals surface area contributed by atoms with Gasteiger partial charge in [0.05, 0.1) is 7.11 Å². The summed E-state index contributed by atoms with van der Waals surface area (Å²) >= 11 is 0. The highest BCUT2D eigenvalue weighted by molar-refractivity contribution is 5.27. The van der Waals surface area contributed by atoms with Crippen LogP contribution in [0.3, 0.4) is 0 Å². The molecule has 1 N–H and O–H groups in total. The van der Waals surface area contributed by atoms with Crippen molar-refractivity contribution in [1.82, 2.24) is 5.32 Å². The van der Waals surface area contributed by atoms with Gasteiger partial charge in [-0.1, -0.05) is 30.3 Å². The summed E-state index contributed by atoms with van der Waals surface area (Å²) in [6.45, 7) is 2.65. The summed E-state index contributed by atoms with van der Waals surface area (Å²) in [6, 6.07) is 14.7. The fraction of sp³-hybridized carbons (Fsp3) is 0.250. The molecule has 0 unspecified atom stereocenters. The van der Waals surface area contributed by atoms with Gasteiger partial charge in [-0.3, -0.25) is 0 Å². The third-order valence-electron chi connectivity index (χ3n) is 3.14. The Morgan fingerprint density at radius 2 is 1.79 bits per heavy atom. The van der Waals surface area contributed by atoms with Crippen molar-refractivity contribution in [1.29, 1.82) is 0 Å². The first kappa shape index (κ1) is 13.6. The first-order chi connectivity index (χ1) is 9.20. The number of benzene rings is 2. The van der Waals surface area contributed by atoms with Gasteiger partial charge < -0.3 is 10.1 Å². The summed E-state index contributed by atoms with van der Waals surface area (Å²) < 4.78 is 18.7. The molecule has 0 aliphatic carbocycles. The molecular formula is C16H18FNO. The van der Waals surface area contributed by atoms with Crippen molar-refractivity contribution in [2.45, 2.75) is 19.5 Å². The molecule has 2 nitrogen and oxygen atoms in total. The van der Waals surface area contributed by atoms with E-state index in [-0.39, 0.29) is 11.9 Å². The fourth-order valence-corrected chi connectivity index (χ4v) is 1.95. The third-order valence-corrected chi connectivity index (χ3v) is 3.14. The third kappa shape index (κ3) is 3.55. The molecule has 0 spiro atoms. The predicted molar refractivity (Wildman–Crippen MR) is 74.6 cm³/mol. The van der Waals surface area contributed by atoms with Gasteiger partial charge in [0, 0.05) is 18.2 Å². The zero-order valence-corrected chi connectivity index (χ0v) is 11.2. The van der Waals surface area contributed by atoms with Gasteiger partial charge in [0.15, 0.2) is 0 Å². The monoisotopic (exact) mass is 259 g/mol. The van der Waals surface area contributed by atoms with E-state index in [1.165, 1.54) is 6.07 Å². The van der Waals surface area contributed by atoms with Crippen LogP contribution in [0.2, 0.25) is 0 Å². The van der Waals surface area contributed by atoms with E-state index in [2.05, 4.69) is 5.32 Å². The molecule has 0 amide bonds. The molecule has 0 fully saturated rings. The molecule has 2 aromatic carbocycles. The van der Waals surface area contributed by atoms with E-state index in [1.54, 1.807) is 19.2 Å². The summed E-state index contributed by atoms with van der Waals surface area (Å²) in [5.74, 6) is 0.670. The van der Waals surface area contributed by atoms with Crippen LogP contribution in [-0.2, 0) is 6.54 Å². The summed E-state index contributed by atoms with van der Waals surface area (Å²) in [5.41, 5.74) is 1.83. The van der Waals surface area contributed by atoms with Crippen LogP contribution in [-0.4, -0.2) is 7.11 Å². The number of hydrogen-bond donors (Lipinski definition) is 1. The lowest BCUT2D eigenvalue weighted by atomic mass is 10.1. The van der Waals surface area contributed by atoms with E-state index in [0.29, 0.717) is 12.1 Å². The number of hydrogen-bond acceptors (Lipinski definition) is 2. The van der Waals surface area contributed by atoms with Crippen molar-refractivity contribution in [2.75, 3.05) is 7.11 Å². The van der Waals surface area contributed by atoms with E-state index >= 15 is 0 Å². The number of ether oxygens (including phenoxy) is 1. The fourth-order valence-electron chi connectivity index (χ4n) is 1.95. The molecule has 100 valence electrons. The predicted octanol–water partition coefficient (Wildman–Crippen LogP) is 3.69. The highest BCUT2D eigenvalue weighted by atomic mass is 19.1. The van der Waals surface area contributed by atoms with Gasteiger partial charge in [-0.2, -0.15) is 0 Å². The van der Waals surface area contributed by atoms with Crippen LogP contribution < -0.4 is 10.1 Å². The summed E-state index contributed by atoms with van der Waals surface area (Å²) in [6.07, 6.45) is 0. The topological polar surface area (TPSA) is 21.3 Å². The molecule has 3 heteroatoms. The van der Waals surface area contributed by atoms with Crippen LogP contribution in [0.5, 0.6) is 5.75 Å². The number of rotatable bonds is 5. The minimum absolute atomic E-state index is 0.0247. The molecule has 0 radical (unpaired) electrons. The van der Waals surface area contributed by atoms with Crippen LogP contribution in [0.1, 0.15) is 24.1 Å². The Hall–Kier alpha value is -1.87. The molecule has 2 aromatic rings. The van der Waals surface area contributed by atoms with Gasteiger partial charge in [-0.15, -0.1) is 0 Å². The SMILES string of the molecule is COc1ccc(CN[C@H](C)c2ccccc2F)cc1. The molecule has 0 aliphatic rings. The quantitative estimate of drug-likeness (QED) is 0.884. The van der Waals surface area contributed by atoms with Crippen molar-refractivity contribution in [2.24, 2.45) is 0 Å². The van der Waals surface area contributed by atoms with E-state index < -0.39 is 0 Å². The second-order valence-corrected chi connectivity index (χ2v) is 4.47. The van der Waals surface area contributed by atoms with Gasteiger partial charge in [-0.25, -0.2) is 4.39 Å². The molecule has 0 saturated carbocycles. The number of methoxy groups -OCH3 is 1. The molecule has 1 atom stereocenters. The van der Waals surface area contributed by atoms with Crippen molar-refractivity contribution in [3.05, 3.63) is 65.5 Å². The molecule has 19 heavy (non-hydrogen) atoms. The van der Waals surface area contributed by atoms with Crippen LogP contribution in [0, 0.1) is 5.82 Å². The summed E-state index contributed by atoms with van der Waals surface area (Å²) in [5, 5.41) is 3.31. The normalized spacial score (nSPS) is 12.2. The molecule has 2 rings (SSSR count). The Kier molecular flexibility index (Phi) is 4.53. The van der Waals surface area contributed by atoms with Crippen molar-refractivity contribution < 1.29 is 9.13 Å². The van der Waals surface area contributed by atoms with E-state index in [4.69, 9.17) is 4.74 Å². The smallest absolute Gasteiger partial charge is 0.127 e. The van der Waals surface area contributed by atoms with Gasteiger partial charge in [0.25, 0.3) is 0 Å². The molecule has 0 aromatic heterocycles. The lowest BCUT2D eigenvalue weighted by Crippen LogP contribution is -2.19. The Morgan fingerprint density at radius 1 is 1.11 bits per heavy atom. The van der Waals surface area contributed by atoms with Crippen LogP contribution >= 0.6 is 0 Å². The molecule has 0 heterocycles. The Bertz CT molecular complexity index is 525. The average molecular weight is 259 g/mol. The summed E-state index contributed by atoms with van der Waals surface area (Å²) in [7, 11) is 1.65. The Labute approximate surface area is 113 Å². The van der Waals surface area contributed by atoms with E-state index in [0.717, 1.165) is 11.3 Å². The first-order valence-corrected chi connectivity index (χ1v) is 6.31. The average Bonchev–Trinajstić information content (AvgIpc) is 2.46. The van der Waals surface area contributed by atoms with Crippen molar-refractivity contribution >= 4 is 0 Å². The van der Waals surface area contributed by atoms with Crippen molar-refractivity contribution in [3.8, 4) is 5.75 Å². The lowest BCUT2D eigenvalue weighted by molar-refractivity contribution is 0.414. The lowest BCUT2D eigenvalue weighted by Gasteiger charge is -2.15. The minimum Gasteiger partial charge on any atom is -0.497 e. The van der Waals surface area contributed by atoms with Crippen molar-refractivity contribution in [3.63, 3.8) is 0 Å². The molecule has 0 aliphatic heterocycles. The standard InChI is InChI=1S/C16H18FNO/c1-12(15-5-3-4-6-16(15)17)18-11-13-7-9-14(19-2)10-8-13/h3-10,12,18H,11H2,1-2H3/t12-/m1/s1. The molecule has 0 saturated heterocycles. The first-order valence-electron chi connectivity index (χ1n) is 6.31. The van der Waals surface area contributed by atoms with Crippen LogP contribution in [0.4, 0.5) is 4.39 Å². The highest BCUT2D eigenvalue weighted by Gasteiger charge is 2.09. The number of halogens is 1. The highest BCUT2D eigenvalue weighted by Crippen LogP contribution is 2.17. The molecular weight excluding hydrogens is 241 g/mol. The zero-order valence-electron chi connectivity index (χ0n) is 11.2. The zero-order chi connectivity index (χ0) is 13.7. The van der Waals surface area contributed by atoms with Gasteiger partial charge in [-0.05, 0) is 30.7 Å². The number of nitrogens with one attached hydrogen (secondary N) is 1. The maximum absolute atomic E-state index is 13.6. The second-order valence-electron chi connectivity index (χ2n) is 4.47. The molecule has 0 bridgehead atoms. The minimum atomic E-state index is -0.169. The van der Waals surface area contributed by atoms with Gasteiger partial charge in [0.1, 0.15) is 11.6 Å². The Morgan fingerprint density at radius 3 is 2.42 bits per heavy atom. The summed E-state index contributed by atoms with van der Waals surface area (Å²) in [4.78, 5) is 0. The maximum atomic E-state index is 13.6. The van der Waals surface area contributed by atoms with Crippen LogP contribution in [0.25, 0.3) is 0 Å². The van der Waals surface area contributed by atoms with Crippen LogP contribution in [0.15, 0.2) is 48.5 Å². The second kappa shape index (κ2) is 6.34. The van der Waals surface area contributed by atoms with Gasteiger partial charge in [0.2, 0.25) is 0 Å². The van der Waals surface area contributed by atoms with E-state index in [1.807, 2.05) is 37.3 Å². The van der Waals surface area contributed by atoms with Gasteiger partial charge >= 0.3 is 0 Å². The van der Waals surface area contributed by atoms with E-state index in [9.17, 15) is 4.39 Å². The largest absolute Gasteiger partial charge is 0.497 e.